The lowest BCUT2D eigenvalue weighted by atomic mass is 9.97. The van der Waals surface area contributed by atoms with E-state index in [9.17, 15) is 9.59 Å². The minimum atomic E-state index is -0.780. The van der Waals surface area contributed by atoms with E-state index in [1.807, 2.05) is 48.5 Å². The molecule has 0 unspecified atom stereocenters. The Morgan fingerprint density at radius 2 is 1.54 bits per heavy atom. The van der Waals surface area contributed by atoms with Crippen LogP contribution in [0.3, 0.4) is 0 Å². The third-order valence-electron chi connectivity index (χ3n) is 3.72. The van der Waals surface area contributed by atoms with Crippen molar-refractivity contribution >= 4 is 39.6 Å². The number of nitrogens with zero attached hydrogens (tertiary/aromatic N) is 1. The van der Waals surface area contributed by atoms with Crippen LogP contribution >= 0.6 is 0 Å². The second-order valence-corrected chi connectivity index (χ2v) is 5.29. The van der Waals surface area contributed by atoms with Gasteiger partial charge in [-0.15, -0.1) is 0 Å². The number of nitrogens with one attached hydrogen (secondary N) is 2. The van der Waals surface area contributed by atoms with Crippen LogP contribution in [0.25, 0.3) is 21.5 Å². The fraction of sp³-hybridized carbons (Fsp3) is 0.105. The molecule has 5 heteroatoms. The zero-order chi connectivity index (χ0) is 16.9. The zero-order valence-electron chi connectivity index (χ0n) is 13.2. The number of hydrazone groups is 1. The fourth-order valence-corrected chi connectivity index (χ4v) is 2.64. The maximum Gasteiger partial charge on any atom is 0.329 e. The highest BCUT2D eigenvalue weighted by Crippen LogP contribution is 2.27. The first-order valence-corrected chi connectivity index (χ1v) is 7.72. The van der Waals surface area contributed by atoms with Gasteiger partial charge in [-0.05, 0) is 34.5 Å². The minimum Gasteiger partial charge on any atom is -0.348 e. The van der Waals surface area contributed by atoms with Gasteiger partial charge in [0.2, 0.25) is 0 Å². The molecule has 0 atom stereocenters. The van der Waals surface area contributed by atoms with Crippen LogP contribution in [0.15, 0.2) is 59.7 Å². The minimum absolute atomic E-state index is 0.393. The lowest BCUT2D eigenvalue weighted by molar-refractivity contribution is -0.139. The number of carbonyl (C=O) groups excluding carboxylic acids is 2. The van der Waals surface area contributed by atoms with E-state index in [0.29, 0.717) is 6.54 Å². The largest absolute Gasteiger partial charge is 0.348 e. The Bertz CT molecular complexity index is 894. The number of hydrogen-bond acceptors (Lipinski definition) is 3. The van der Waals surface area contributed by atoms with Crippen molar-refractivity contribution in [2.45, 2.75) is 6.92 Å². The second-order valence-electron chi connectivity index (χ2n) is 5.29. The van der Waals surface area contributed by atoms with Crippen LogP contribution in [0.1, 0.15) is 12.5 Å². The van der Waals surface area contributed by atoms with Crippen molar-refractivity contribution in [3.8, 4) is 0 Å². The molecule has 0 saturated carbocycles. The highest BCUT2D eigenvalue weighted by Gasteiger charge is 2.10. The van der Waals surface area contributed by atoms with E-state index in [1.165, 1.54) is 0 Å². The summed E-state index contributed by atoms with van der Waals surface area (Å²) in [6.07, 6.45) is 1.59. The molecule has 3 rings (SSSR count). The van der Waals surface area contributed by atoms with Crippen molar-refractivity contribution in [1.29, 1.82) is 0 Å². The summed E-state index contributed by atoms with van der Waals surface area (Å²) in [6.45, 7) is 2.14. The number of hydrogen-bond donors (Lipinski definition) is 2. The van der Waals surface area contributed by atoms with E-state index < -0.39 is 11.8 Å². The van der Waals surface area contributed by atoms with E-state index >= 15 is 0 Å². The molecule has 0 fully saturated rings. The molecule has 0 aliphatic rings. The highest BCUT2D eigenvalue weighted by molar-refractivity contribution is 6.35. The summed E-state index contributed by atoms with van der Waals surface area (Å²) in [5.74, 6) is -1.48. The summed E-state index contributed by atoms with van der Waals surface area (Å²) in [6, 6.07) is 18.1. The second kappa shape index (κ2) is 6.91. The Labute approximate surface area is 139 Å². The molecule has 3 aromatic rings. The zero-order valence-corrected chi connectivity index (χ0v) is 13.2. The molecule has 120 valence electrons. The number of likely N-dealkylation sites (N-methyl/N-ethyl adjacent to an activating group) is 1. The molecular weight excluding hydrogens is 302 g/mol. The van der Waals surface area contributed by atoms with E-state index in [4.69, 9.17) is 0 Å². The van der Waals surface area contributed by atoms with Gasteiger partial charge < -0.3 is 5.32 Å². The molecule has 0 aliphatic carbocycles. The molecule has 0 radical (unpaired) electrons. The summed E-state index contributed by atoms with van der Waals surface area (Å²) < 4.78 is 0. The van der Waals surface area contributed by atoms with Gasteiger partial charge in [0.25, 0.3) is 0 Å². The van der Waals surface area contributed by atoms with Gasteiger partial charge in [-0.25, -0.2) is 5.43 Å². The number of carbonyl (C=O) groups is 2. The lowest BCUT2D eigenvalue weighted by Gasteiger charge is -2.07. The Kier molecular flexibility index (Phi) is 4.52. The summed E-state index contributed by atoms with van der Waals surface area (Å²) in [5.41, 5.74) is 3.17. The van der Waals surface area contributed by atoms with Gasteiger partial charge in [-0.2, -0.15) is 5.10 Å². The normalized spacial score (nSPS) is 11.0. The molecule has 3 aromatic carbocycles. The molecule has 0 aromatic heterocycles. The third-order valence-corrected chi connectivity index (χ3v) is 3.72. The van der Waals surface area contributed by atoms with Crippen molar-refractivity contribution < 1.29 is 9.59 Å². The van der Waals surface area contributed by atoms with E-state index in [0.717, 1.165) is 27.1 Å². The van der Waals surface area contributed by atoms with E-state index in [2.05, 4.69) is 21.9 Å². The van der Waals surface area contributed by atoms with Crippen LogP contribution in [0.4, 0.5) is 0 Å². The number of amides is 2. The Hall–Kier alpha value is -3.21. The Balaban J connectivity index is 1.99. The Morgan fingerprint density at radius 1 is 0.958 bits per heavy atom. The molecule has 0 bridgehead atoms. The van der Waals surface area contributed by atoms with Crippen LogP contribution in [-0.4, -0.2) is 24.6 Å². The van der Waals surface area contributed by atoms with Gasteiger partial charge in [0.05, 0.1) is 6.21 Å². The molecule has 0 saturated heterocycles. The van der Waals surface area contributed by atoms with Crippen LogP contribution in [-0.2, 0) is 9.59 Å². The fourth-order valence-electron chi connectivity index (χ4n) is 2.64. The van der Waals surface area contributed by atoms with Gasteiger partial charge >= 0.3 is 11.8 Å². The molecule has 0 spiro atoms. The van der Waals surface area contributed by atoms with Crippen molar-refractivity contribution in [3.05, 3.63) is 60.2 Å². The first-order chi connectivity index (χ1) is 11.7. The number of benzene rings is 3. The lowest BCUT2D eigenvalue weighted by Crippen LogP contribution is -2.37. The van der Waals surface area contributed by atoms with E-state index in [1.54, 1.807) is 13.1 Å². The van der Waals surface area contributed by atoms with Crippen LogP contribution in [0.2, 0.25) is 0 Å². The van der Waals surface area contributed by atoms with Gasteiger partial charge in [-0.1, -0.05) is 48.5 Å². The maximum absolute atomic E-state index is 11.6. The molecule has 2 amide bonds. The van der Waals surface area contributed by atoms with Crippen LogP contribution < -0.4 is 10.7 Å². The van der Waals surface area contributed by atoms with Gasteiger partial charge in [-0.3, -0.25) is 9.59 Å². The number of rotatable bonds is 3. The maximum atomic E-state index is 11.6. The predicted octanol–water partition coefficient (Wildman–Crippen LogP) is 2.58. The highest BCUT2D eigenvalue weighted by atomic mass is 16.2. The molecule has 5 nitrogen and oxygen atoms in total. The average Bonchev–Trinajstić information content (AvgIpc) is 2.61. The summed E-state index contributed by atoms with van der Waals surface area (Å²) in [4.78, 5) is 23.0. The van der Waals surface area contributed by atoms with Crippen molar-refractivity contribution in [3.63, 3.8) is 0 Å². The summed E-state index contributed by atoms with van der Waals surface area (Å²) in [7, 11) is 0. The first-order valence-electron chi connectivity index (χ1n) is 7.72. The van der Waals surface area contributed by atoms with Crippen LogP contribution in [0.5, 0.6) is 0 Å². The molecule has 0 aliphatic heterocycles. The Morgan fingerprint density at radius 3 is 2.12 bits per heavy atom. The molecule has 2 N–H and O–H groups in total. The predicted molar refractivity (Wildman–Crippen MR) is 95.9 cm³/mol. The van der Waals surface area contributed by atoms with Gasteiger partial charge in [0.15, 0.2) is 0 Å². The smallest absolute Gasteiger partial charge is 0.329 e. The van der Waals surface area contributed by atoms with Crippen molar-refractivity contribution in [2.75, 3.05) is 6.54 Å². The molecule has 0 heterocycles. The van der Waals surface area contributed by atoms with Crippen LogP contribution in [0, 0.1) is 0 Å². The SMILES string of the molecule is CCNC(=O)C(=O)N/N=C/c1c2ccccc2cc2ccccc12. The van der Waals surface area contributed by atoms with Gasteiger partial charge in [0, 0.05) is 12.1 Å². The summed E-state index contributed by atoms with van der Waals surface area (Å²) in [5, 5.41) is 10.6. The standard InChI is InChI=1S/C19H17N3O2/c1-2-20-18(23)19(24)22-21-12-17-15-9-5-3-7-13(15)11-14-8-4-6-10-16(14)17/h3-12H,2H2,1H3,(H,20,23)(H,22,24)/b21-12+. The molecular formula is C19H17N3O2. The average molecular weight is 319 g/mol. The van der Waals surface area contributed by atoms with E-state index in [-0.39, 0.29) is 0 Å². The first kappa shape index (κ1) is 15.7. The number of fused-ring (bicyclic) bond motifs is 2. The van der Waals surface area contributed by atoms with Crippen molar-refractivity contribution in [1.82, 2.24) is 10.7 Å². The third kappa shape index (κ3) is 3.10. The molecule has 24 heavy (non-hydrogen) atoms. The quantitative estimate of drug-likeness (QED) is 0.337. The van der Waals surface area contributed by atoms with Crippen molar-refractivity contribution in [2.24, 2.45) is 5.10 Å². The monoisotopic (exact) mass is 319 g/mol. The summed E-state index contributed by atoms with van der Waals surface area (Å²) >= 11 is 0. The van der Waals surface area contributed by atoms with Gasteiger partial charge in [0.1, 0.15) is 0 Å². The topological polar surface area (TPSA) is 70.6 Å².